The van der Waals surface area contributed by atoms with Crippen molar-refractivity contribution in [2.45, 2.75) is 13.8 Å². The molecule has 0 radical (unpaired) electrons. The van der Waals surface area contributed by atoms with Crippen molar-refractivity contribution in [3.05, 3.63) is 0 Å². The predicted molar refractivity (Wildman–Crippen MR) is 60.1 cm³/mol. The van der Waals surface area contributed by atoms with E-state index in [1.807, 2.05) is 6.92 Å². The van der Waals surface area contributed by atoms with Gasteiger partial charge in [0, 0.05) is 39.3 Å². The lowest BCUT2D eigenvalue weighted by Gasteiger charge is -2.33. The molecule has 88 valence electrons. The molecule has 1 heterocycles. The first-order chi connectivity index (χ1) is 7.22. The molecule has 0 saturated carbocycles. The molecule has 0 N–H and O–H groups in total. The Morgan fingerprint density at radius 1 is 1.20 bits per heavy atom. The third-order valence-corrected chi connectivity index (χ3v) is 2.67. The number of hydrogen-bond acceptors (Lipinski definition) is 4. The molecule has 0 spiro atoms. The van der Waals surface area contributed by atoms with Crippen LogP contribution in [0.5, 0.6) is 0 Å². The highest BCUT2D eigenvalue weighted by Gasteiger charge is 2.16. The van der Waals surface area contributed by atoms with Crippen LogP contribution in [-0.2, 0) is 9.53 Å². The van der Waals surface area contributed by atoms with Gasteiger partial charge in [-0.2, -0.15) is 0 Å². The minimum Gasteiger partial charge on any atom is -0.380 e. The van der Waals surface area contributed by atoms with Gasteiger partial charge in [-0.3, -0.25) is 14.6 Å². The summed E-state index contributed by atoms with van der Waals surface area (Å²) in [5, 5.41) is 0. The Balaban J connectivity index is 2.10. The van der Waals surface area contributed by atoms with Gasteiger partial charge in [0.15, 0.2) is 0 Å². The number of nitrogens with zero attached hydrogens (tertiary/aromatic N) is 2. The van der Waals surface area contributed by atoms with Crippen LogP contribution in [0.4, 0.5) is 0 Å². The molecule has 0 atom stereocenters. The molecule has 0 bridgehead atoms. The molecule has 4 nitrogen and oxygen atoms in total. The van der Waals surface area contributed by atoms with E-state index >= 15 is 0 Å². The maximum atomic E-state index is 10.9. The highest BCUT2D eigenvalue weighted by Crippen LogP contribution is 2.01. The summed E-state index contributed by atoms with van der Waals surface area (Å²) in [7, 11) is 0. The van der Waals surface area contributed by atoms with Crippen LogP contribution in [0, 0.1) is 0 Å². The lowest BCUT2D eigenvalue weighted by molar-refractivity contribution is -0.118. The fourth-order valence-electron chi connectivity index (χ4n) is 1.82. The van der Waals surface area contributed by atoms with Crippen LogP contribution >= 0.6 is 0 Å². The molecule has 0 amide bonds. The van der Waals surface area contributed by atoms with E-state index in [4.69, 9.17) is 4.74 Å². The summed E-state index contributed by atoms with van der Waals surface area (Å²) >= 11 is 0. The number of ketones is 1. The van der Waals surface area contributed by atoms with Gasteiger partial charge in [-0.25, -0.2) is 0 Å². The van der Waals surface area contributed by atoms with E-state index in [-0.39, 0.29) is 5.78 Å². The van der Waals surface area contributed by atoms with E-state index < -0.39 is 0 Å². The van der Waals surface area contributed by atoms with Crippen molar-refractivity contribution in [3.63, 3.8) is 0 Å². The van der Waals surface area contributed by atoms with Crippen LogP contribution < -0.4 is 0 Å². The average Bonchev–Trinajstić information content (AvgIpc) is 2.20. The van der Waals surface area contributed by atoms with Crippen LogP contribution in [0.25, 0.3) is 0 Å². The molecule has 0 aromatic carbocycles. The Morgan fingerprint density at radius 2 is 1.80 bits per heavy atom. The number of piperazine rings is 1. The van der Waals surface area contributed by atoms with Gasteiger partial charge in [-0.1, -0.05) is 0 Å². The Kier molecular flexibility index (Phi) is 5.83. The van der Waals surface area contributed by atoms with E-state index in [0.717, 1.165) is 45.9 Å². The van der Waals surface area contributed by atoms with Gasteiger partial charge >= 0.3 is 0 Å². The van der Waals surface area contributed by atoms with Crippen molar-refractivity contribution in [1.29, 1.82) is 0 Å². The topological polar surface area (TPSA) is 32.8 Å². The fraction of sp³-hybridized carbons (Fsp3) is 0.909. The van der Waals surface area contributed by atoms with Gasteiger partial charge in [-0.15, -0.1) is 0 Å². The van der Waals surface area contributed by atoms with Crippen molar-refractivity contribution >= 4 is 5.78 Å². The monoisotopic (exact) mass is 214 g/mol. The largest absolute Gasteiger partial charge is 0.380 e. The molecule has 1 saturated heterocycles. The molecule has 15 heavy (non-hydrogen) atoms. The summed E-state index contributed by atoms with van der Waals surface area (Å²) in [6, 6.07) is 0. The first kappa shape index (κ1) is 12.6. The van der Waals surface area contributed by atoms with E-state index in [9.17, 15) is 4.79 Å². The van der Waals surface area contributed by atoms with Gasteiger partial charge < -0.3 is 4.74 Å². The lowest BCUT2D eigenvalue weighted by atomic mass is 10.3. The first-order valence-corrected chi connectivity index (χ1v) is 5.74. The second-order valence-electron chi connectivity index (χ2n) is 4.02. The third-order valence-electron chi connectivity index (χ3n) is 2.67. The summed E-state index contributed by atoms with van der Waals surface area (Å²) in [5.41, 5.74) is 0. The zero-order valence-electron chi connectivity index (χ0n) is 9.87. The van der Waals surface area contributed by atoms with Crippen LogP contribution in [0.3, 0.4) is 0 Å². The highest BCUT2D eigenvalue weighted by molar-refractivity contribution is 5.77. The smallest absolute Gasteiger partial charge is 0.143 e. The highest BCUT2D eigenvalue weighted by atomic mass is 16.5. The Labute approximate surface area is 92.2 Å². The molecule has 1 aliphatic rings. The number of Topliss-reactive ketones (excluding diaryl/α,β-unsaturated/α-hetero) is 1. The Bertz CT molecular complexity index is 189. The van der Waals surface area contributed by atoms with E-state index in [0.29, 0.717) is 6.54 Å². The van der Waals surface area contributed by atoms with E-state index in [1.165, 1.54) is 0 Å². The molecule has 4 heteroatoms. The molecule has 1 aliphatic heterocycles. The average molecular weight is 214 g/mol. The molecule has 0 unspecified atom stereocenters. The normalized spacial score (nSPS) is 19.3. The lowest BCUT2D eigenvalue weighted by Crippen LogP contribution is -2.48. The van der Waals surface area contributed by atoms with Crippen LogP contribution in [-0.4, -0.2) is 68.1 Å². The van der Waals surface area contributed by atoms with Crippen molar-refractivity contribution in [1.82, 2.24) is 9.80 Å². The predicted octanol–water partition coefficient (Wildman–Crippen LogP) is 0.230. The summed E-state index contributed by atoms with van der Waals surface area (Å²) in [6.07, 6.45) is 0. The second-order valence-corrected chi connectivity index (χ2v) is 4.02. The van der Waals surface area contributed by atoms with Crippen molar-refractivity contribution < 1.29 is 9.53 Å². The quantitative estimate of drug-likeness (QED) is 0.593. The Morgan fingerprint density at radius 3 is 2.33 bits per heavy atom. The molecular formula is C11H22N2O2. The van der Waals surface area contributed by atoms with E-state index in [1.54, 1.807) is 6.92 Å². The summed E-state index contributed by atoms with van der Waals surface area (Å²) < 4.78 is 5.32. The fourth-order valence-corrected chi connectivity index (χ4v) is 1.82. The zero-order chi connectivity index (χ0) is 11.1. The molecule has 0 aromatic rings. The minimum absolute atomic E-state index is 0.262. The minimum atomic E-state index is 0.262. The van der Waals surface area contributed by atoms with Gasteiger partial charge in [-0.05, 0) is 13.8 Å². The van der Waals surface area contributed by atoms with Gasteiger partial charge in [0.1, 0.15) is 5.78 Å². The van der Waals surface area contributed by atoms with Crippen molar-refractivity contribution in [3.8, 4) is 0 Å². The number of carbonyl (C=O) groups is 1. The van der Waals surface area contributed by atoms with Crippen molar-refractivity contribution in [2.24, 2.45) is 0 Å². The maximum Gasteiger partial charge on any atom is 0.143 e. The molecular weight excluding hydrogens is 192 g/mol. The molecule has 0 aromatic heterocycles. The van der Waals surface area contributed by atoms with Crippen LogP contribution in [0.15, 0.2) is 0 Å². The first-order valence-electron chi connectivity index (χ1n) is 5.74. The number of rotatable bonds is 6. The van der Waals surface area contributed by atoms with Gasteiger partial charge in [0.05, 0.1) is 13.2 Å². The summed E-state index contributed by atoms with van der Waals surface area (Å²) in [4.78, 5) is 15.5. The molecule has 0 aliphatic carbocycles. The molecule has 1 fully saturated rings. The van der Waals surface area contributed by atoms with Gasteiger partial charge in [0.25, 0.3) is 0 Å². The SMILES string of the molecule is CCOCCN1CCN(CC(C)=O)CC1. The zero-order valence-corrected chi connectivity index (χ0v) is 9.87. The number of carbonyl (C=O) groups excluding carboxylic acids is 1. The van der Waals surface area contributed by atoms with E-state index in [2.05, 4.69) is 9.80 Å². The van der Waals surface area contributed by atoms with Crippen LogP contribution in [0.1, 0.15) is 13.8 Å². The summed E-state index contributed by atoms with van der Waals surface area (Å²) in [5.74, 6) is 0.262. The Hall–Kier alpha value is -0.450. The molecule has 1 rings (SSSR count). The third kappa shape index (κ3) is 5.25. The summed E-state index contributed by atoms with van der Waals surface area (Å²) in [6.45, 7) is 11.0. The van der Waals surface area contributed by atoms with Crippen molar-refractivity contribution in [2.75, 3.05) is 52.5 Å². The van der Waals surface area contributed by atoms with Gasteiger partial charge in [0.2, 0.25) is 0 Å². The second kappa shape index (κ2) is 6.93. The number of ether oxygens (including phenoxy) is 1. The number of hydrogen-bond donors (Lipinski definition) is 0. The van der Waals surface area contributed by atoms with Crippen LogP contribution in [0.2, 0.25) is 0 Å². The maximum absolute atomic E-state index is 10.9. The standard InChI is InChI=1S/C11H22N2O2/c1-3-15-9-8-12-4-6-13(7-5-12)10-11(2)14/h3-10H2,1-2H3.